The monoisotopic (exact) mass is 260 g/mol. The zero-order chi connectivity index (χ0) is 10.7. The quantitative estimate of drug-likeness (QED) is 0.767. The number of nitrogens with zero attached hydrogens (tertiary/aromatic N) is 2. The van der Waals surface area contributed by atoms with Crippen molar-refractivity contribution >= 4 is 15.9 Å². The largest absolute Gasteiger partial charge is 0.266 e. The minimum atomic E-state index is -2.66. The third-order valence-electron chi connectivity index (χ3n) is 1.96. The zero-order valence-electron chi connectivity index (χ0n) is 7.39. The molecule has 1 aromatic rings. The van der Waals surface area contributed by atoms with E-state index in [-0.39, 0.29) is 11.3 Å². The van der Waals surface area contributed by atoms with Gasteiger partial charge in [0.2, 0.25) is 0 Å². The Hall–Kier alpha value is -1.02. The first-order valence-electron chi connectivity index (χ1n) is 3.84. The molecule has 0 fully saturated rings. The van der Waals surface area contributed by atoms with E-state index in [0.717, 1.165) is 0 Å². The summed E-state index contributed by atoms with van der Waals surface area (Å²) in [5.74, 6) is 0. The van der Waals surface area contributed by atoms with Gasteiger partial charge in [-0.3, -0.25) is 0 Å². The van der Waals surface area contributed by atoms with Crippen LogP contribution in [0.2, 0.25) is 0 Å². The van der Waals surface area contributed by atoms with Gasteiger partial charge in [0.1, 0.15) is 11.8 Å². The Morgan fingerprint density at radius 2 is 2.29 bits per heavy atom. The topological polar surface area (TPSA) is 36.7 Å². The summed E-state index contributed by atoms with van der Waals surface area (Å²) >= 11 is 3.17. The van der Waals surface area contributed by atoms with E-state index in [2.05, 4.69) is 20.9 Å². The Bertz CT molecular complexity index is 385. The minimum absolute atomic E-state index is 0.192. The maximum atomic E-state index is 12.6. The molecule has 0 radical (unpaired) electrons. The van der Waals surface area contributed by atoms with Crippen LogP contribution >= 0.6 is 15.9 Å². The van der Waals surface area contributed by atoms with Crippen LogP contribution in [0.5, 0.6) is 0 Å². The van der Waals surface area contributed by atoms with Crippen LogP contribution in [0.15, 0.2) is 6.20 Å². The van der Waals surface area contributed by atoms with E-state index < -0.39 is 6.43 Å². The zero-order valence-corrected chi connectivity index (χ0v) is 8.98. The second-order valence-electron chi connectivity index (χ2n) is 2.72. The number of hydrogen-bond acceptors (Lipinski definition) is 2. The first-order chi connectivity index (χ1) is 6.61. The fourth-order valence-electron chi connectivity index (χ4n) is 1.15. The first-order valence-corrected chi connectivity index (χ1v) is 4.96. The highest BCUT2D eigenvalue weighted by Crippen LogP contribution is 2.27. The van der Waals surface area contributed by atoms with Gasteiger partial charge in [-0.1, -0.05) is 15.9 Å². The van der Waals surface area contributed by atoms with Gasteiger partial charge in [-0.2, -0.15) is 5.26 Å². The van der Waals surface area contributed by atoms with Gasteiger partial charge < -0.3 is 0 Å². The van der Waals surface area contributed by atoms with E-state index >= 15 is 0 Å². The molecule has 0 amide bonds. The van der Waals surface area contributed by atoms with Crippen LogP contribution in [0, 0.1) is 18.3 Å². The molecule has 0 unspecified atom stereocenters. The molecular formula is C9H7BrF2N2. The second-order valence-corrected chi connectivity index (χ2v) is 3.28. The highest BCUT2D eigenvalue weighted by molar-refractivity contribution is 9.08. The lowest BCUT2D eigenvalue weighted by molar-refractivity contribution is 0.149. The lowest BCUT2D eigenvalue weighted by atomic mass is 10.0. The van der Waals surface area contributed by atoms with Crippen molar-refractivity contribution in [2.24, 2.45) is 0 Å². The van der Waals surface area contributed by atoms with Crippen molar-refractivity contribution in [3.05, 3.63) is 28.6 Å². The van der Waals surface area contributed by atoms with Crippen LogP contribution in [0.3, 0.4) is 0 Å². The van der Waals surface area contributed by atoms with Gasteiger partial charge in [0.05, 0.1) is 5.56 Å². The number of pyridine rings is 1. The van der Waals surface area contributed by atoms with E-state index in [1.165, 1.54) is 6.20 Å². The van der Waals surface area contributed by atoms with Crippen LogP contribution in [0.25, 0.3) is 0 Å². The summed E-state index contributed by atoms with van der Waals surface area (Å²) in [6.07, 6.45) is -1.22. The Kier molecular flexibility index (Phi) is 3.53. The normalized spacial score (nSPS) is 10.3. The maximum absolute atomic E-state index is 12.6. The Labute approximate surface area is 88.7 Å². The van der Waals surface area contributed by atoms with Crippen LogP contribution in [0.4, 0.5) is 8.78 Å². The van der Waals surface area contributed by atoms with Crippen LogP contribution in [-0.4, -0.2) is 4.98 Å². The predicted molar refractivity (Wildman–Crippen MR) is 51.3 cm³/mol. The summed E-state index contributed by atoms with van der Waals surface area (Å²) in [5, 5.41) is 9.05. The van der Waals surface area contributed by atoms with E-state index in [1.807, 2.05) is 0 Å². The van der Waals surface area contributed by atoms with E-state index in [4.69, 9.17) is 5.26 Å². The lowest BCUT2D eigenvalue weighted by Gasteiger charge is -2.09. The van der Waals surface area contributed by atoms with Gasteiger partial charge >= 0.3 is 0 Å². The predicted octanol–water partition coefficient (Wildman–Crippen LogP) is 3.09. The Balaban J connectivity index is 3.41. The summed E-state index contributed by atoms with van der Waals surface area (Å²) in [6.45, 7) is 1.57. The summed E-state index contributed by atoms with van der Waals surface area (Å²) in [7, 11) is 0. The molecule has 1 aromatic heterocycles. The molecule has 2 nitrogen and oxygen atoms in total. The fraction of sp³-hybridized carbons (Fsp3) is 0.333. The van der Waals surface area contributed by atoms with Crippen molar-refractivity contribution in [3.63, 3.8) is 0 Å². The summed E-state index contributed by atoms with van der Waals surface area (Å²) < 4.78 is 25.2. The number of rotatable bonds is 2. The molecule has 14 heavy (non-hydrogen) atoms. The number of aromatic nitrogens is 1. The molecule has 1 heterocycles. The average molecular weight is 261 g/mol. The average Bonchev–Trinajstić information content (AvgIpc) is 2.16. The molecule has 0 bridgehead atoms. The number of nitriles is 1. The first kappa shape index (κ1) is 11.1. The van der Waals surface area contributed by atoms with E-state index in [9.17, 15) is 8.78 Å². The third kappa shape index (κ3) is 1.90. The van der Waals surface area contributed by atoms with Crippen molar-refractivity contribution < 1.29 is 8.78 Å². The van der Waals surface area contributed by atoms with Crippen molar-refractivity contribution in [1.82, 2.24) is 4.98 Å². The number of hydrogen-bond donors (Lipinski definition) is 0. The maximum Gasteiger partial charge on any atom is 0.266 e. The summed E-state index contributed by atoms with van der Waals surface area (Å²) in [6, 6.07) is 1.66. The molecule has 0 spiro atoms. The summed E-state index contributed by atoms with van der Waals surface area (Å²) in [5.41, 5.74) is 0.661. The van der Waals surface area contributed by atoms with Crippen LogP contribution in [-0.2, 0) is 5.33 Å². The molecule has 74 valence electrons. The molecule has 1 rings (SSSR count). The molecule has 0 aliphatic heterocycles. The Morgan fingerprint density at radius 3 is 2.71 bits per heavy atom. The molecule has 0 N–H and O–H groups in total. The molecular weight excluding hydrogens is 254 g/mol. The van der Waals surface area contributed by atoms with Crippen molar-refractivity contribution in [3.8, 4) is 6.07 Å². The highest BCUT2D eigenvalue weighted by Gasteiger charge is 2.18. The van der Waals surface area contributed by atoms with Gasteiger partial charge in [-0.25, -0.2) is 13.8 Å². The van der Waals surface area contributed by atoms with Crippen LogP contribution in [0.1, 0.15) is 28.8 Å². The van der Waals surface area contributed by atoms with Gasteiger partial charge in [0.15, 0.2) is 0 Å². The van der Waals surface area contributed by atoms with Gasteiger partial charge in [0, 0.05) is 11.5 Å². The van der Waals surface area contributed by atoms with E-state index in [1.54, 1.807) is 13.0 Å². The minimum Gasteiger partial charge on any atom is -0.245 e. The smallest absolute Gasteiger partial charge is 0.245 e. The highest BCUT2D eigenvalue weighted by atomic mass is 79.9. The third-order valence-corrected chi connectivity index (χ3v) is 2.56. The SMILES string of the molecule is Cc1c(CBr)cnc(C#N)c1C(F)F. The van der Waals surface area contributed by atoms with Crippen LogP contribution < -0.4 is 0 Å². The standard InChI is InChI=1S/C9H7BrF2N2/c1-5-6(2-10)4-14-7(3-13)8(5)9(11)12/h4,9H,2H2,1H3. The molecule has 0 aromatic carbocycles. The number of halogens is 3. The van der Waals surface area contributed by atoms with Gasteiger partial charge in [-0.05, 0) is 18.1 Å². The molecule has 5 heteroatoms. The summed E-state index contributed by atoms with van der Waals surface area (Å²) in [4.78, 5) is 3.68. The van der Waals surface area contributed by atoms with Crippen molar-refractivity contribution in [2.45, 2.75) is 18.7 Å². The second kappa shape index (κ2) is 4.47. The van der Waals surface area contributed by atoms with Crippen molar-refractivity contribution in [1.29, 1.82) is 5.26 Å². The van der Waals surface area contributed by atoms with Gasteiger partial charge in [-0.15, -0.1) is 0 Å². The molecule has 0 aliphatic rings. The van der Waals surface area contributed by atoms with E-state index in [0.29, 0.717) is 16.5 Å². The van der Waals surface area contributed by atoms with Gasteiger partial charge in [0.25, 0.3) is 6.43 Å². The molecule has 0 saturated heterocycles. The van der Waals surface area contributed by atoms with Crippen molar-refractivity contribution in [2.75, 3.05) is 0 Å². The number of alkyl halides is 3. The molecule has 0 saturated carbocycles. The molecule has 0 aliphatic carbocycles. The fourth-order valence-corrected chi connectivity index (χ4v) is 1.72. The lowest BCUT2D eigenvalue weighted by Crippen LogP contribution is -2.01. The molecule has 0 atom stereocenters. The Morgan fingerprint density at radius 1 is 1.64 bits per heavy atom.